The monoisotopic (exact) mass is 562 g/mol. The number of halogens is 3. The summed E-state index contributed by atoms with van der Waals surface area (Å²) in [6, 6.07) is 20.5. The smallest absolute Gasteiger partial charge is 0.320 e. The van der Waals surface area contributed by atoms with Crippen LogP contribution in [0.25, 0.3) is 16.6 Å². The summed E-state index contributed by atoms with van der Waals surface area (Å²) in [7, 11) is 1.55. The zero-order chi connectivity index (χ0) is 25.9. The second-order valence-electron chi connectivity index (χ2n) is 7.75. The minimum Gasteiger partial charge on any atom is -0.497 e. The fourth-order valence-corrected chi connectivity index (χ4v) is 4.88. The number of carbonyl (C=O) groups is 1. The Labute approximate surface area is 226 Å². The maximum Gasteiger partial charge on any atom is 0.320 e. The number of urea groups is 1. The summed E-state index contributed by atoms with van der Waals surface area (Å²) in [5.74, 6) is 0.645. The van der Waals surface area contributed by atoms with Gasteiger partial charge in [0.15, 0.2) is 5.16 Å². The number of amides is 2. The van der Waals surface area contributed by atoms with Crippen molar-refractivity contribution in [3.63, 3.8) is 0 Å². The Hall–Kier alpha value is -2.91. The van der Waals surface area contributed by atoms with Gasteiger partial charge in [-0.25, -0.2) is 9.78 Å². The topological polar surface area (TPSA) is 85.2 Å². The number of thioether (sulfide) groups is 1. The standard InChI is InChI=1S/C25H21Cl3N4O3S/c1-15-7-11-17(12-8-15)32-21(33)19-5-3-4-6-20(19)30-24(32)36-22(25(26,27)28)31-23(34)29-16-9-13-18(35-2)14-10-16/h3-14,22H,1-2H3,(H2,29,31,34). The fraction of sp³-hybridized carbons (Fsp3) is 0.160. The molecule has 1 aromatic heterocycles. The molecule has 36 heavy (non-hydrogen) atoms. The normalized spacial score (nSPS) is 12.2. The van der Waals surface area contributed by atoms with E-state index in [-0.39, 0.29) is 10.7 Å². The van der Waals surface area contributed by atoms with Crippen LogP contribution < -0.4 is 20.9 Å². The van der Waals surface area contributed by atoms with Crippen LogP contribution in [0.1, 0.15) is 5.56 Å². The second kappa shape index (κ2) is 11.0. The van der Waals surface area contributed by atoms with E-state index in [4.69, 9.17) is 39.5 Å². The first kappa shape index (κ1) is 26.2. The van der Waals surface area contributed by atoms with E-state index in [0.29, 0.717) is 28.0 Å². The average molecular weight is 564 g/mol. The van der Waals surface area contributed by atoms with Gasteiger partial charge in [0.2, 0.25) is 3.79 Å². The number of aromatic nitrogens is 2. The van der Waals surface area contributed by atoms with Crippen molar-refractivity contribution >= 4 is 69.2 Å². The first-order valence-electron chi connectivity index (χ1n) is 10.7. The van der Waals surface area contributed by atoms with Crippen molar-refractivity contribution in [2.24, 2.45) is 0 Å². The van der Waals surface area contributed by atoms with Crippen LogP contribution in [0.2, 0.25) is 0 Å². The summed E-state index contributed by atoms with van der Waals surface area (Å²) in [4.78, 5) is 30.9. The molecule has 2 N–H and O–H groups in total. The van der Waals surface area contributed by atoms with Crippen molar-refractivity contribution in [3.8, 4) is 11.4 Å². The number of nitrogens with one attached hydrogen (secondary N) is 2. The molecule has 4 rings (SSSR count). The summed E-state index contributed by atoms with van der Waals surface area (Å²) < 4.78 is 4.64. The van der Waals surface area contributed by atoms with Crippen LogP contribution in [0.5, 0.6) is 5.75 Å². The molecule has 0 aliphatic carbocycles. The van der Waals surface area contributed by atoms with Gasteiger partial charge >= 0.3 is 6.03 Å². The van der Waals surface area contributed by atoms with Crippen LogP contribution >= 0.6 is 46.6 Å². The molecule has 0 fully saturated rings. The largest absolute Gasteiger partial charge is 0.497 e. The number of ether oxygens (including phenoxy) is 1. The summed E-state index contributed by atoms with van der Waals surface area (Å²) in [5, 5.41) is 4.96. The predicted molar refractivity (Wildman–Crippen MR) is 147 cm³/mol. The predicted octanol–water partition coefficient (Wildman–Crippen LogP) is 6.31. The van der Waals surface area contributed by atoms with Crippen LogP contribution in [-0.2, 0) is 0 Å². The molecular formula is C25H21Cl3N4O3S. The Kier molecular flexibility index (Phi) is 8.00. The number of carbonyl (C=O) groups excluding carboxylic acids is 1. The molecule has 0 saturated carbocycles. The Balaban J connectivity index is 1.69. The lowest BCUT2D eigenvalue weighted by Crippen LogP contribution is -2.44. The van der Waals surface area contributed by atoms with E-state index in [2.05, 4.69) is 15.6 Å². The Morgan fingerprint density at radius 3 is 2.33 bits per heavy atom. The van der Waals surface area contributed by atoms with Crippen molar-refractivity contribution in [3.05, 3.63) is 88.7 Å². The molecule has 1 heterocycles. The molecular weight excluding hydrogens is 543 g/mol. The summed E-state index contributed by atoms with van der Waals surface area (Å²) in [6.45, 7) is 1.95. The Morgan fingerprint density at radius 1 is 1.03 bits per heavy atom. The molecule has 11 heteroatoms. The van der Waals surface area contributed by atoms with Crippen molar-refractivity contribution in [2.45, 2.75) is 21.2 Å². The zero-order valence-electron chi connectivity index (χ0n) is 19.2. The third-order valence-electron chi connectivity index (χ3n) is 5.17. The number of hydrogen-bond donors (Lipinski definition) is 2. The number of nitrogens with zero attached hydrogens (tertiary/aromatic N) is 2. The van der Waals surface area contributed by atoms with Gasteiger partial charge in [0.25, 0.3) is 5.56 Å². The highest BCUT2D eigenvalue weighted by molar-refractivity contribution is 8.00. The molecule has 1 atom stereocenters. The van der Waals surface area contributed by atoms with E-state index >= 15 is 0 Å². The van der Waals surface area contributed by atoms with Gasteiger partial charge < -0.3 is 15.4 Å². The molecule has 7 nitrogen and oxygen atoms in total. The zero-order valence-corrected chi connectivity index (χ0v) is 22.3. The lowest BCUT2D eigenvalue weighted by molar-refractivity contribution is 0.251. The molecule has 4 aromatic rings. The number of methoxy groups -OCH3 is 1. The lowest BCUT2D eigenvalue weighted by Gasteiger charge is -2.26. The molecule has 0 aliphatic heterocycles. The summed E-state index contributed by atoms with van der Waals surface area (Å²) in [6.07, 6.45) is 0. The third-order valence-corrected chi connectivity index (χ3v) is 7.40. The van der Waals surface area contributed by atoms with Crippen LogP contribution in [0.4, 0.5) is 10.5 Å². The highest BCUT2D eigenvalue weighted by Gasteiger charge is 2.36. The fourth-order valence-electron chi connectivity index (χ4n) is 3.36. The lowest BCUT2D eigenvalue weighted by atomic mass is 10.2. The van der Waals surface area contributed by atoms with Gasteiger partial charge in [0.05, 0.1) is 23.7 Å². The van der Waals surface area contributed by atoms with E-state index in [9.17, 15) is 9.59 Å². The summed E-state index contributed by atoms with van der Waals surface area (Å²) >= 11 is 19.7. The number of rotatable bonds is 6. The van der Waals surface area contributed by atoms with Gasteiger partial charge in [-0.05, 0) is 55.5 Å². The minimum absolute atomic E-state index is 0.253. The maximum absolute atomic E-state index is 13.5. The van der Waals surface area contributed by atoms with Gasteiger partial charge in [0, 0.05) is 5.69 Å². The van der Waals surface area contributed by atoms with Crippen molar-refractivity contribution < 1.29 is 9.53 Å². The van der Waals surface area contributed by atoms with E-state index in [1.807, 2.05) is 31.2 Å². The molecule has 0 bridgehead atoms. The highest BCUT2D eigenvalue weighted by atomic mass is 35.6. The van der Waals surface area contributed by atoms with E-state index in [0.717, 1.165) is 17.3 Å². The molecule has 1 unspecified atom stereocenters. The number of para-hydroxylation sites is 1. The number of benzene rings is 3. The van der Waals surface area contributed by atoms with Crippen molar-refractivity contribution in [1.29, 1.82) is 0 Å². The second-order valence-corrected chi connectivity index (χ2v) is 11.2. The Morgan fingerprint density at radius 2 is 1.69 bits per heavy atom. The molecule has 0 radical (unpaired) electrons. The van der Waals surface area contributed by atoms with E-state index in [1.54, 1.807) is 55.6 Å². The van der Waals surface area contributed by atoms with Gasteiger partial charge in [-0.3, -0.25) is 9.36 Å². The molecule has 3 aromatic carbocycles. The number of anilines is 1. The maximum atomic E-state index is 13.5. The van der Waals surface area contributed by atoms with Crippen LogP contribution in [-0.4, -0.2) is 31.9 Å². The van der Waals surface area contributed by atoms with Crippen LogP contribution in [0.3, 0.4) is 0 Å². The number of alkyl halides is 3. The third kappa shape index (κ3) is 6.07. The minimum atomic E-state index is -1.93. The van der Waals surface area contributed by atoms with Gasteiger partial charge in [-0.1, -0.05) is 76.4 Å². The first-order valence-corrected chi connectivity index (χ1v) is 12.7. The SMILES string of the molecule is COc1ccc(NC(=O)NC(Sc2nc3ccccc3c(=O)n2-c2ccc(C)cc2)C(Cl)(Cl)Cl)cc1. The van der Waals surface area contributed by atoms with Crippen molar-refractivity contribution in [1.82, 2.24) is 14.9 Å². The summed E-state index contributed by atoms with van der Waals surface area (Å²) in [5.41, 5.74) is 2.35. The average Bonchev–Trinajstić information content (AvgIpc) is 2.84. The molecule has 0 saturated heterocycles. The molecule has 2 amide bonds. The van der Waals surface area contributed by atoms with Gasteiger partial charge in [-0.15, -0.1) is 0 Å². The molecule has 0 spiro atoms. The van der Waals surface area contributed by atoms with Crippen LogP contribution in [0.15, 0.2) is 82.7 Å². The van der Waals surface area contributed by atoms with Gasteiger partial charge in [0.1, 0.15) is 11.1 Å². The Bertz CT molecular complexity index is 1440. The quantitative estimate of drug-likeness (QED) is 0.124. The first-order chi connectivity index (χ1) is 17.2. The van der Waals surface area contributed by atoms with Gasteiger partial charge in [-0.2, -0.15) is 0 Å². The van der Waals surface area contributed by atoms with E-state index < -0.39 is 15.2 Å². The van der Waals surface area contributed by atoms with Crippen molar-refractivity contribution in [2.75, 3.05) is 12.4 Å². The number of fused-ring (bicyclic) bond motifs is 1. The number of aryl methyl sites for hydroxylation is 1. The number of hydrogen-bond acceptors (Lipinski definition) is 5. The van der Waals surface area contributed by atoms with Crippen LogP contribution in [0, 0.1) is 6.92 Å². The molecule has 0 aliphatic rings. The van der Waals surface area contributed by atoms with E-state index in [1.165, 1.54) is 4.57 Å². The molecule has 186 valence electrons. The highest BCUT2D eigenvalue weighted by Crippen LogP contribution is 2.39.